The fourth-order valence-electron chi connectivity index (χ4n) is 4.24. The van der Waals surface area contributed by atoms with E-state index in [-0.39, 0.29) is 0 Å². The lowest BCUT2D eigenvalue weighted by molar-refractivity contribution is 0.178. The van der Waals surface area contributed by atoms with Gasteiger partial charge < -0.3 is 0 Å². The third-order valence-corrected chi connectivity index (χ3v) is 6.46. The molecule has 0 spiro atoms. The van der Waals surface area contributed by atoms with Gasteiger partial charge in [0.2, 0.25) is 0 Å². The molecular weight excluding hydrogens is 430 g/mol. The minimum absolute atomic E-state index is 0.796. The molecule has 35 heavy (non-hydrogen) atoms. The zero-order valence-electron chi connectivity index (χ0n) is 21.1. The van der Waals surface area contributed by atoms with Crippen LogP contribution in [0.2, 0.25) is 0 Å². The zero-order chi connectivity index (χ0) is 24.5. The number of hydrogen-bond donors (Lipinski definition) is 0. The van der Waals surface area contributed by atoms with E-state index in [9.17, 15) is 0 Å². The van der Waals surface area contributed by atoms with Gasteiger partial charge in [0.15, 0.2) is 0 Å². The van der Waals surface area contributed by atoms with E-state index in [2.05, 4.69) is 94.1 Å². The van der Waals surface area contributed by atoms with Crippen molar-refractivity contribution in [2.24, 2.45) is 0 Å². The van der Waals surface area contributed by atoms with Gasteiger partial charge in [0.25, 0.3) is 0 Å². The van der Waals surface area contributed by atoms with Crippen LogP contribution in [0.3, 0.4) is 0 Å². The van der Waals surface area contributed by atoms with Gasteiger partial charge in [-0.2, -0.15) is 0 Å². The Labute approximate surface area is 209 Å². The highest BCUT2D eigenvalue weighted by molar-refractivity contribution is 5.21. The summed E-state index contributed by atoms with van der Waals surface area (Å²) in [4.78, 5) is 19.0. The van der Waals surface area contributed by atoms with E-state index in [0.29, 0.717) is 0 Å². The minimum atomic E-state index is 0.796. The lowest BCUT2D eigenvalue weighted by Crippen LogP contribution is -2.35. The molecule has 0 fully saturated rings. The van der Waals surface area contributed by atoms with Gasteiger partial charge in [0.05, 0.1) is 17.1 Å². The van der Waals surface area contributed by atoms with E-state index in [0.717, 1.165) is 56.4 Å². The van der Waals surface area contributed by atoms with E-state index in [1.54, 1.807) is 0 Å². The van der Waals surface area contributed by atoms with Crippen molar-refractivity contribution in [3.63, 3.8) is 0 Å². The summed E-state index contributed by atoms with van der Waals surface area (Å²) >= 11 is 0. The number of aromatic nitrogens is 3. The molecule has 3 heterocycles. The van der Waals surface area contributed by atoms with E-state index < -0.39 is 0 Å². The number of rotatable bonds is 11. The molecule has 0 aliphatic heterocycles. The first-order chi connectivity index (χ1) is 17.1. The number of aryl methyl sites for hydroxylation is 3. The quantitative estimate of drug-likeness (QED) is 0.293. The molecule has 5 nitrogen and oxygen atoms in total. The largest absolute Gasteiger partial charge is 0.292 e. The van der Waals surface area contributed by atoms with Crippen molar-refractivity contribution in [1.29, 1.82) is 0 Å². The Hall–Kier alpha value is -3.41. The van der Waals surface area contributed by atoms with E-state index in [1.807, 2.05) is 36.8 Å². The second kappa shape index (κ2) is 12.3. The standard InChI is InChI=1S/C30H35N5/c1-24-10-7-15-31-28(24)21-34(20-27-13-5-4-6-14-27)18-19-35(22-29-25(2)11-8-16-32-29)23-30-26(3)12-9-17-33-30/h4-17H,18-23H2,1-3H3. The molecule has 1 aromatic carbocycles. The average molecular weight is 466 g/mol. The van der Waals surface area contributed by atoms with Crippen LogP contribution >= 0.6 is 0 Å². The predicted molar refractivity (Wildman–Crippen MR) is 142 cm³/mol. The predicted octanol–water partition coefficient (Wildman–Crippen LogP) is 5.50. The van der Waals surface area contributed by atoms with Crippen molar-refractivity contribution in [1.82, 2.24) is 24.8 Å². The molecule has 3 aromatic heterocycles. The highest BCUT2D eigenvalue weighted by Gasteiger charge is 2.16. The summed E-state index contributed by atoms with van der Waals surface area (Å²) in [6.45, 7) is 11.5. The first-order valence-electron chi connectivity index (χ1n) is 12.3. The van der Waals surface area contributed by atoms with E-state index >= 15 is 0 Å². The summed E-state index contributed by atoms with van der Waals surface area (Å²) < 4.78 is 0. The van der Waals surface area contributed by atoms with Crippen molar-refractivity contribution in [2.45, 2.75) is 47.0 Å². The van der Waals surface area contributed by atoms with Crippen molar-refractivity contribution >= 4 is 0 Å². The number of benzene rings is 1. The van der Waals surface area contributed by atoms with Crippen LogP contribution < -0.4 is 0 Å². The molecule has 0 bridgehead atoms. The van der Waals surface area contributed by atoms with Gasteiger partial charge in [-0.05, 0) is 61.2 Å². The second-order valence-corrected chi connectivity index (χ2v) is 9.21. The molecule has 0 amide bonds. The summed E-state index contributed by atoms with van der Waals surface area (Å²) in [5.41, 5.74) is 8.37. The maximum absolute atomic E-state index is 4.67. The molecule has 180 valence electrons. The SMILES string of the molecule is Cc1cccnc1CN(CCN(Cc1ncccc1C)Cc1ncccc1C)Cc1ccccc1. The molecule has 0 saturated heterocycles. The first-order valence-corrected chi connectivity index (χ1v) is 12.3. The molecule has 0 aliphatic rings. The summed E-state index contributed by atoms with van der Waals surface area (Å²) in [5, 5.41) is 0. The third-order valence-electron chi connectivity index (χ3n) is 6.46. The Morgan fingerprint density at radius 2 is 0.886 bits per heavy atom. The molecule has 0 N–H and O–H groups in total. The molecule has 4 rings (SSSR count). The smallest absolute Gasteiger partial charge is 0.0573 e. The van der Waals surface area contributed by atoms with Crippen LogP contribution in [0, 0.1) is 20.8 Å². The maximum Gasteiger partial charge on any atom is 0.0573 e. The molecule has 0 aliphatic carbocycles. The van der Waals surface area contributed by atoms with Crippen molar-refractivity contribution in [3.8, 4) is 0 Å². The number of nitrogens with zero attached hydrogens (tertiary/aromatic N) is 5. The van der Waals surface area contributed by atoms with Gasteiger partial charge in [-0.25, -0.2) is 0 Å². The molecule has 0 saturated carbocycles. The summed E-state index contributed by atoms with van der Waals surface area (Å²) in [6.07, 6.45) is 5.67. The van der Waals surface area contributed by atoms with Gasteiger partial charge in [-0.15, -0.1) is 0 Å². The lowest BCUT2D eigenvalue weighted by Gasteiger charge is -2.28. The van der Waals surface area contributed by atoms with Gasteiger partial charge in [0.1, 0.15) is 0 Å². The Kier molecular flexibility index (Phi) is 8.71. The Bertz CT molecular complexity index is 1160. The minimum Gasteiger partial charge on any atom is -0.292 e. The molecule has 0 atom stereocenters. The Morgan fingerprint density at radius 1 is 0.486 bits per heavy atom. The van der Waals surface area contributed by atoms with Crippen molar-refractivity contribution in [2.75, 3.05) is 13.1 Å². The van der Waals surface area contributed by atoms with Gasteiger partial charge in [0, 0.05) is 57.9 Å². The van der Waals surface area contributed by atoms with Crippen LogP contribution in [-0.4, -0.2) is 37.8 Å². The highest BCUT2D eigenvalue weighted by Crippen LogP contribution is 2.15. The van der Waals surface area contributed by atoms with E-state index in [1.165, 1.54) is 22.3 Å². The maximum atomic E-state index is 4.67. The molecule has 0 unspecified atom stereocenters. The van der Waals surface area contributed by atoms with Gasteiger partial charge in [-0.1, -0.05) is 48.5 Å². The van der Waals surface area contributed by atoms with Crippen LogP contribution in [0.4, 0.5) is 0 Å². The summed E-state index contributed by atoms with van der Waals surface area (Å²) in [7, 11) is 0. The third kappa shape index (κ3) is 7.28. The fraction of sp³-hybridized carbons (Fsp3) is 0.300. The normalized spacial score (nSPS) is 11.3. The van der Waals surface area contributed by atoms with Crippen molar-refractivity contribution in [3.05, 3.63) is 125 Å². The number of pyridine rings is 3. The van der Waals surface area contributed by atoms with Crippen molar-refractivity contribution < 1.29 is 0 Å². The highest BCUT2D eigenvalue weighted by atomic mass is 15.2. The van der Waals surface area contributed by atoms with Crippen LogP contribution in [0.5, 0.6) is 0 Å². The zero-order valence-corrected chi connectivity index (χ0v) is 21.1. The Morgan fingerprint density at radius 3 is 1.29 bits per heavy atom. The molecule has 0 radical (unpaired) electrons. The average Bonchev–Trinajstić information content (AvgIpc) is 2.87. The lowest BCUT2D eigenvalue weighted by atomic mass is 10.1. The molecule has 4 aromatic rings. The van der Waals surface area contributed by atoms with Gasteiger partial charge in [-0.3, -0.25) is 24.8 Å². The second-order valence-electron chi connectivity index (χ2n) is 9.21. The van der Waals surface area contributed by atoms with Gasteiger partial charge >= 0.3 is 0 Å². The fourth-order valence-corrected chi connectivity index (χ4v) is 4.24. The monoisotopic (exact) mass is 465 g/mol. The van der Waals surface area contributed by atoms with E-state index in [4.69, 9.17) is 0 Å². The van der Waals surface area contributed by atoms with Crippen LogP contribution in [0.15, 0.2) is 85.3 Å². The van der Waals surface area contributed by atoms with Crippen LogP contribution in [0.25, 0.3) is 0 Å². The summed E-state index contributed by atoms with van der Waals surface area (Å²) in [5.74, 6) is 0. The molecular formula is C30H35N5. The van der Waals surface area contributed by atoms with Crippen LogP contribution in [0.1, 0.15) is 39.3 Å². The summed E-state index contributed by atoms with van der Waals surface area (Å²) in [6, 6.07) is 23.1. The first kappa shape index (κ1) is 24.7. The molecule has 5 heteroatoms. The Balaban J connectivity index is 1.53. The van der Waals surface area contributed by atoms with Crippen LogP contribution in [-0.2, 0) is 26.2 Å². The number of hydrogen-bond acceptors (Lipinski definition) is 5. The topological polar surface area (TPSA) is 45.2 Å².